The van der Waals surface area contributed by atoms with Crippen molar-refractivity contribution in [2.24, 2.45) is 29.6 Å². The number of nitro benzene ring substituents is 1. The summed E-state index contributed by atoms with van der Waals surface area (Å²) in [6.45, 7) is 1.83. The molecule has 1 saturated heterocycles. The molecule has 3 amide bonds. The number of aromatic nitrogens is 1. The number of thiazole rings is 1. The zero-order chi connectivity index (χ0) is 34.8. The largest absolute Gasteiger partial charge is 0.490 e. The number of halogens is 1. The molecule has 4 aromatic rings. The van der Waals surface area contributed by atoms with Gasteiger partial charge >= 0.3 is 4.87 Å². The van der Waals surface area contributed by atoms with Gasteiger partial charge in [0.1, 0.15) is 5.82 Å². The predicted octanol–water partition coefficient (Wildman–Crippen LogP) is 5.58. The van der Waals surface area contributed by atoms with Crippen LogP contribution in [0.1, 0.15) is 29.7 Å². The van der Waals surface area contributed by atoms with Crippen molar-refractivity contribution in [1.29, 1.82) is 0 Å². The number of hydrogen-bond acceptors (Lipinski definition) is 10. The van der Waals surface area contributed by atoms with Crippen LogP contribution < -0.4 is 24.6 Å². The number of H-pyrrole nitrogens is 1. The molecule has 8 rings (SSSR count). The molecule has 3 heterocycles. The molecule has 2 aliphatic heterocycles. The Kier molecular flexibility index (Phi) is 7.98. The number of fused-ring (bicyclic) bond motifs is 9. The van der Waals surface area contributed by atoms with Crippen molar-refractivity contribution in [2.45, 2.75) is 29.5 Å². The van der Waals surface area contributed by atoms with Crippen molar-refractivity contribution < 1.29 is 33.2 Å². The summed E-state index contributed by atoms with van der Waals surface area (Å²) < 4.78 is 25.1. The lowest BCUT2D eigenvalue weighted by molar-refractivity contribution is -0.384. The number of non-ortho nitro benzene ring substituents is 1. The second-order valence-corrected chi connectivity index (χ2v) is 14.9. The summed E-state index contributed by atoms with van der Waals surface area (Å²) in [4.78, 5) is 68.8. The number of benzene rings is 3. The van der Waals surface area contributed by atoms with E-state index in [0.717, 1.165) is 26.8 Å². The van der Waals surface area contributed by atoms with Crippen LogP contribution in [0.5, 0.6) is 11.5 Å². The fourth-order valence-corrected chi connectivity index (χ4v) is 11.2. The number of rotatable bonds is 9. The van der Waals surface area contributed by atoms with Crippen molar-refractivity contribution in [1.82, 2.24) is 4.98 Å². The van der Waals surface area contributed by atoms with Crippen molar-refractivity contribution in [3.63, 3.8) is 0 Å². The van der Waals surface area contributed by atoms with E-state index >= 15 is 0 Å². The van der Waals surface area contributed by atoms with Gasteiger partial charge in [-0.05, 0) is 85.2 Å². The number of thioether (sulfide) groups is 1. The smallest absolute Gasteiger partial charge is 0.305 e. The van der Waals surface area contributed by atoms with Gasteiger partial charge in [0.05, 0.1) is 34.1 Å². The number of anilines is 2. The first-order chi connectivity index (χ1) is 24.1. The molecular weight excluding hydrogens is 688 g/mol. The monoisotopic (exact) mass is 716 g/mol. The van der Waals surface area contributed by atoms with Crippen LogP contribution in [0, 0.1) is 45.5 Å². The molecule has 15 heteroatoms. The number of carbonyl (C=O) groups excluding carboxylic acids is 3. The van der Waals surface area contributed by atoms with E-state index in [2.05, 4.69) is 10.3 Å². The van der Waals surface area contributed by atoms with Crippen molar-refractivity contribution in [2.75, 3.05) is 23.4 Å². The van der Waals surface area contributed by atoms with Gasteiger partial charge in [-0.2, -0.15) is 0 Å². The molecule has 3 fully saturated rings. The fourth-order valence-electron chi connectivity index (χ4n) is 8.35. The zero-order valence-electron chi connectivity index (χ0n) is 26.4. The van der Waals surface area contributed by atoms with Crippen LogP contribution in [-0.4, -0.2) is 46.1 Å². The molecule has 7 atom stereocenters. The van der Waals surface area contributed by atoms with E-state index in [1.165, 1.54) is 53.4 Å². The van der Waals surface area contributed by atoms with E-state index in [1.54, 1.807) is 17.8 Å². The van der Waals surface area contributed by atoms with Gasteiger partial charge in [-0.25, -0.2) is 4.39 Å². The van der Waals surface area contributed by atoms with E-state index in [-0.39, 0.29) is 57.9 Å². The molecule has 256 valence electrons. The molecule has 4 aliphatic rings. The molecule has 3 aromatic carbocycles. The third-order valence-corrected chi connectivity index (χ3v) is 12.7. The van der Waals surface area contributed by atoms with E-state index in [9.17, 15) is 33.7 Å². The van der Waals surface area contributed by atoms with Gasteiger partial charge in [-0.3, -0.25) is 34.2 Å². The molecule has 2 bridgehead atoms. The molecular formula is C35H29FN4O8S2. The minimum absolute atomic E-state index is 0.0424. The summed E-state index contributed by atoms with van der Waals surface area (Å²) in [6.07, 6.45) is 0.696. The number of nitro groups is 1. The average Bonchev–Trinajstić information content (AvgIpc) is 3.84. The van der Waals surface area contributed by atoms with E-state index in [4.69, 9.17) is 9.47 Å². The lowest BCUT2D eigenvalue weighted by Gasteiger charge is -2.43. The molecule has 0 spiro atoms. The Balaban J connectivity index is 1.09. The molecule has 2 N–H and O–H groups in total. The number of carbonyl (C=O) groups is 3. The summed E-state index contributed by atoms with van der Waals surface area (Å²) >= 11 is 2.71. The van der Waals surface area contributed by atoms with Gasteiger partial charge in [-0.1, -0.05) is 17.4 Å². The minimum atomic E-state index is -0.544. The number of hydrogen-bond donors (Lipinski definition) is 2. The Hall–Kier alpha value is -5.02. The first-order valence-electron chi connectivity index (χ1n) is 16.1. The summed E-state index contributed by atoms with van der Waals surface area (Å²) in [5, 5.41) is 14.6. The molecule has 0 radical (unpaired) electrons. The van der Waals surface area contributed by atoms with Crippen LogP contribution >= 0.6 is 23.1 Å². The number of aromatic amines is 1. The topological polar surface area (TPSA) is 161 Å². The Morgan fingerprint density at radius 3 is 2.42 bits per heavy atom. The lowest BCUT2D eigenvalue weighted by atomic mass is 9.68. The maximum atomic E-state index is 14.0. The lowest BCUT2D eigenvalue weighted by Crippen LogP contribution is -2.42. The first kappa shape index (κ1) is 32.2. The number of nitrogens with zero attached hydrogens (tertiary/aromatic N) is 2. The van der Waals surface area contributed by atoms with Gasteiger partial charge in [0, 0.05) is 33.9 Å². The third-order valence-electron chi connectivity index (χ3n) is 10.2. The summed E-state index contributed by atoms with van der Waals surface area (Å²) in [5.41, 5.74) is 1.47. The molecule has 2 saturated carbocycles. The average molecular weight is 717 g/mol. The number of nitrogens with one attached hydrogen (secondary N) is 2. The van der Waals surface area contributed by atoms with Crippen LogP contribution in [0.4, 0.5) is 21.5 Å². The number of imide groups is 1. The number of amides is 3. The van der Waals surface area contributed by atoms with Gasteiger partial charge in [0.15, 0.2) is 18.1 Å². The van der Waals surface area contributed by atoms with Crippen LogP contribution in [0.15, 0.2) is 76.6 Å². The van der Waals surface area contributed by atoms with Crippen molar-refractivity contribution in [3.8, 4) is 11.5 Å². The molecule has 1 aromatic heterocycles. The van der Waals surface area contributed by atoms with E-state index < -0.39 is 28.5 Å². The highest BCUT2D eigenvalue weighted by Crippen LogP contribution is 2.68. The summed E-state index contributed by atoms with van der Waals surface area (Å²) in [6, 6.07) is 16.3. The summed E-state index contributed by atoms with van der Waals surface area (Å²) in [7, 11) is 0. The van der Waals surface area contributed by atoms with E-state index in [1.807, 2.05) is 19.1 Å². The quantitative estimate of drug-likeness (QED) is 0.128. The molecule has 6 unspecified atom stereocenters. The normalized spacial score (nSPS) is 26.0. The summed E-state index contributed by atoms with van der Waals surface area (Å²) in [5.74, 6) is -2.33. The Morgan fingerprint density at radius 2 is 1.72 bits per heavy atom. The van der Waals surface area contributed by atoms with Crippen LogP contribution in [0.3, 0.4) is 0 Å². The highest BCUT2D eigenvalue weighted by atomic mass is 32.2. The third kappa shape index (κ3) is 5.26. The van der Waals surface area contributed by atoms with Crippen LogP contribution in [0.25, 0.3) is 0 Å². The van der Waals surface area contributed by atoms with E-state index in [0.29, 0.717) is 35.9 Å². The second kappa shape index (κ2) is 12.4. The van der Waals surface area contributed by atoms with Gasteiger partial charge < -0.3 is 19.8 Å². The highest BCUT2D eigenvalue weighted by molar-refractivity contribution is 8.00. The SMILES string of the molecule is CCOc1cc([C@H]2c3sc(=O)[nH]c3SC3C4CC(C5C(=O)N(c6ccc([N+](=O)[O-])cc6)C(=O)C45)C32)ccc1OCC(=O)Nc1ccc(F)cc1. The van der Waals surface area contributed by atoms with Gasteiger partial charge in [-0.15, -0.1) is 11.8 Å². The number of ether oxygens (including phenoxy) is 2. The molecule has 2 aliphatic carbocycles. The van der Waals surface area contributed by atoms with Crippen LogP contribution in [0.2, 0.25) is 0 Å². The van der Waals surface area contributed by atoms with Crippen molar-refractivity contribution >= 4 is 57.9 Å². The first-order valence-corrected chi connectivity index (χ1v) is 17.8. The van der Waals surface area contributed by atoms with Crippen molar-refractivity contribution in [3.05, 3.63) is 103 Å². The van der Waals surface area contributed by atoms with Crippen LogP contribution in [-0.2, 0) is 14.4 Å². The Bertz CT molecular complexity index is 2100. The fraction of sp³-hybridized carbons (Fsp3) is 0.314. The molecule has 50 heavy (non-hydrogen) atoms. The predicted molar refractivity (Wildman–Crippen MR) is 182 cm³/mol. The minimum Gasteiger partial charge on any atom is -0.490 e. The maximum absolute atomic E-state index is 14.0. The highest BCUT2D eigenvalue weighted by Gasteiger charge is 2.69. The maximum Gasteiger partial charge on any atom is 0.305 e. The Labute approximate surface area is 292 Å². The zero-order valence-corrected chi connectivity index (χ0v) is 28.0. The second-order valence-electron chi connectivity index (χ2n) is 12.7. The van der Waals surface area contributed by atoms with Gasteiger partial charge in [0.2, 0.25) is 11.8 Å². The van der Waals surface area contributed by atoms with Gasteiger partial charge in [0.25, 0.3) is 11.6 Å². The Morgan fingerprint density at radius 1 is 1.00 bits per heavy atom. The molecule has 12 nitrogen and oxygen atoms in total. The standard InChI is InChI=1S/C35H29FN4O8S2/c1-2-47-24-13-16(3-12-23(24)48-15-25(41)37-18-6-4-17(36)5-7-18)26-27-21-14-22(30(27)49-32-31(26)50-35(44)38-32)29-28(21)33(42)39(34(29)43)19-8-10-20(11-9-19)40(45)46/h3-13,21-22,26-30H,2,14-15H2,1H3,(H,37,41)(H,38,44)/t21?,22?,26-,27?,28?,29?,30?/m1/s1.